The number of halogens is 2. The molecule has 4 amide bonds. The molecule has 1 aliphatic heterocycles. The monoisotopic (exact) mass is 593 g/mol. The van der Waals surface area contributed by atoms with Crippen LogP contribution in [0.3, 0.4) is 0 Å². The van der Waals surface area contributed by atoms with E-state index in [1.54, 1.807) is 30.3 Å². The van der Waals surface area contributed by atoms with Crippen molar-refractivity contribution < 1.29 is 24.3 Å². The number of carbonyl (C=O) groups excluding carboxylic acids is 3. The highest BCUT2D eigenvalue weighted by Gasteiger charge is 2.37. The maximum Gasteiger partial charge on any atom is 0.322 e. The predicted molar refractivity (Wildman–Crippen MR) is 156 cm³/mol. The van der Waals surface area contributed by atoms with E-state index in [-0.39, 0.29) is 42.2 Å². The Morgan fingerprint density at radius 2 is 1.71 bits per heavy atom. The van der Waals surface area contributed by atoms with Crippen LogP contribution in [0.5, 0.6) is 0 Å². The fourth-order valence-electron chi connectivity index (χ4n) is 4.81. The second-order valence-electron chi connectivity index (χ2n) is 9.47. The third-order valence-electron chi connectivity index (χ3n) is 6.79. The molecule has 0 spiro atoms. The number of carboxylic acids is 1. The first-order valence-electron chi connectivity index (χ1n) is 12.7. The summed E-state index contributed by atoms with van der Waals surface area (Å²) in [6, 6.07) is 17.4. The van der Waals surface area contributed by atoms with Gasteiger partial charge in [0.2, 0.25) is 5.91 Å². The first-order valence-corrected chi connectivity index (χ1v) is 13.5. The van der Waals surface area contributed by atoms with Crippen molar-refractivity contribution in [1.82, 2.24) is 15.2 Å². The Morgan fingerprint density at radius 3 is 2.49 bits per heavy atom. The average Bonchev–Trinajstić information content (AvgIpc) is 3.32. The quantitative estimate of drug-likeness (QED) is 0.198. The minimum atomic E-state index is -1.04. The first kappa shape index (κ1) is 28.0. The van der Waals surface area contributed by atoms with Gasteiger partial charge in [-0.2, -0.15) is 0 Å². The van der Waals surface area contributed by atoms with Crippen molar-refractivity contribution in [3.8, 4) is 0 Å². The maximum absolute atomic E-state index is 13.8. The molecule has 2 heterocycles. The standard InChI is InChI=1S/C29H25Cl2N5O5/c30-20-10-9-16(13-21(20)31)33-29(41)36-15-24-19(17-5-1-3-7-22(17)34-24)14-25(36)28(40)35-23-8-4-2-6-18(23)27(39)32-12-11-26(37)38/h1-10,13,25,34H,11-12,14-15H2,(H,32,39)(H,33,41)(H,35,40)(H,37,38)/t25-/m1/s1. The Morgan fingerprint density at radius 1 is 0.951 bits per heavy atom. The molecule has 0 fully saturated rings. The lowest BCUT2D eigenvalue weighted by Crippen LogP contribution is -2.52. The van der Waals surface area contributed by atoms with Gasteiger partial charge in [-0.05, 0) is 42.0 Å². The molecule has 1 aromatic heterocycles. The minimum Gasteiger partial charge on any atom is -0.481 e. The van der Waals surface area contributed by atoms with E-state index in [0.29, 0.717) is 10.7 Å². The van der Waals surface area contributed by atoms with E-state index >= 15 is 0 Å². The van der Waals surface area contributed by atoms with Crippen LogP contribution in [0.15, 0.2) is 66.7 Å². The summed E-state index contributed by atoms with van der Waals surface area (Å²) in [6.45, 7) is 0.0671. The Labute approximate surface area is 244 Å². The van der Waals surface area contributed by atoms with Crippen molar-refractivity contribution in [2.75, 3.05) is 17.2 Å². The van der Waals surface area contributed by atoms with Crippen LogP contribution < -0.4 is 16.0 Å². The lowest BCUT2D eigenvalue weighted by molar-refractivity contribution is -0.136. The van der Waals surface area contributed by atoms with E-state index in [1.165, 1.54) is 17.0 Å². The molecule has 0 saturated heterocycles. The number of benzene rings is 3. The number of anilines is 2. The van der Waals surface area contributed by atoms with Gasteiger partial charge in [0.15, 0.2) is 0 Å². The molecule has 0 aliphatic carbocycles. The van der Waals surface area contributed by atoms with Gasteiger partial charge >= 0.3 is 12.0 Å². The number of aliphatic carboxylic acids is 1. The Balaban J connectivity index is 1.43. The number of aromatic nitrogens is 1. The summed E-state index contributed by atoms with van der Waals surface area (Å²) in [5.74, 6) is -2.06. The molecule has 0 unspecified atom stereocenters. The molecule has 10 nitrogen and oxygen atoms in total. The van der Waals surface area contributed by atoms with Crippen molar-refractivity contribution in [1.29, 1.82) is 0 Å². The fourth-order valence-corrected chi connectivity index (χ4v) is 5.11. The van der Waals surface area contributed by atoms with E-state index < -0.39 is 29.9 Å². The van der Waals surface area contributed by atoms with E-state index in [0.717, 1.165) is 22.2 Å². The number of carboxylic acid groups (broad SMARTS) is 1. The summed E-state index contributed by atoms with van der Waals surface area (Å²) in [5.41, 5.74) is 3.46. The number of rotatable bonds is 7. The van der Waals surface area contributed by atoms with Gasteiger partial charge < -0.3 is 30.9 Å². The molecule has 1 atom stereocenters. The summed E-state index contributed by atoms with van der Waals surface area (Å²) in [7, 11) is 0. The van der Waals surface area contributed by atoms with Gasteiger partial charge in [0.25, 0.3) is 5.91 Å². The number of H-pyrrole nitrogens is 1. The van der Waals surface area contributed by atoms with Crippen molar-refractivity contribution >= 4 is 69.3 Å². The molecule has 12 heteroatoms. The Hall–Kier alpha value is -4.54. The SMILES string of the molecule is O=C(O)CCNC(=O)c1ccccc1NC(=O)[C@H]1Cc2c([nH]c3ccccc23)CN1C(=O)Nc1ccc(Cl)c(Cl)c1. The van der Waals surface area contributed by atoms with Crippen molar-refractivity contribution in [3.05, 3.63) is 93.6 Å². The molecule has 210 valence electrons. The van der Waals surface area contributed by atoms with Crippen LogP contribution in [0.1, 0.15) is 28.0 Å². The average molecular weight is 594 g/mol. The van der Waals surface area contributed by atoms with Gasteiger partial charge in [0.1, 0.15) is 6.04 Å². The van der Waals surface area contributed by atoms with Gasteiger partial charge in [0, 0.05) is 35.2 Å². The first-order chi connectivity index (χ1) is 19.7. The van der Waals surface area contributed by atoms with Crippen LogP contribution in [0.25, 0.3) is 10.9 Å². The number of nitrogens with one attached hydrogen (secondary N) is 4. The zero-order valence-electron chi connectivity index (χ0n) is 21.5. The molecule has 5 N–H and O–H groups in total. The van der Waals surface area contributed by atoms with Gasteiger partial charge in [-0.1, -0.05) is 53.5 Å². The number of nitrogens with zero attached hydrogens (tertiary/aromatic N) is 1. The van der Waals surface area contributed by atoms with Gasteiger partial charge in [-0.25, -0.2) is 4.79 Å². The van der Waals surface area contributed by atoms with Crippen LogP contribution >= 0.6 is 23.2 Å². The number of para-hydroxylation sites is 2. The fraction of sp³-hybridized carbons (Fsp3) is 0.172. The van der Waals surface area contributed by atoms with E-state index in [1.807, 2.05) is 24.3 Å². The molecule has 5 rings (SSSR count). The van der Waals surface area contributed by atoms with Crippen molar-refractivity contribution in [3.63, 3.8) is 0 Å². The van der Waals surface area contributed by atoms with Gasteiger partial charge in [-0.3, -0.25) is 14.4 Å². The molecule has 0 saturated carbocycles. The lowest BCUT2D eigenvalue weighted by atomic mass is 9.96. The number of hydrogen-bond acceptors (Lipinski definition) is 4. The number of carbonyl (C=O) groups is 4. The minimum absolute atomic E-state index is 0.0644. The maximum atomic E-state index is 13.8. The summed E-state index contributed by atoms with van der Waals surface area (Å²) < 4.78 is 0. The second-order valence-corrected chi connectivity index (χ2v) is 10.3. The zero-order chi connectivity index (χ0) is 29.1. The Kier molecular flexibility index (Phi) is 8.14. The largest absolute Gasteiger partial charge is 0.481 e. The summed E-state index contributed by atoms with van der Waals surface area (Å²) >= 11 is 12.1. The highest BCUT2D eigenvalue weighted by Crippen LogP contribution is 2.32. The molecular weight excluding hydrogens is 569 g/mol. The van der Waals surface area contributed by atoms with E-state index in [4.69, 9.17) is 28.3 Å². The van der Waals surface area contributed by atoms with Crippen molar-refractivity contribution in [2.24, 2.45) is 0 Å². The highest BCUT2D eigenvalue weighted by atomic mass is 35.5. The smallest absolute Gasteiger partial charge is 0.322 e. The van der Waals surface area contributed by atoms with Crippen LogP contribution in [0, 0.1) is 0 Å². The molecule has 41 heavy (non-hydrogen) atoms. The highest BCUT2D eigenvalue weighted by molar-refractivity contribution is 6.42. The van der Waals surface area contributed by atoms with Gasteiger partial charge in [0.05, 0.1) is 34.3 Å². The van der Waals surface area contributed by atoms with E-state index in [9.17, 15) is 19.2 Å². The van der Waals surface area contributed by atoms with Crippen LogP contribution in [0.4, 0.5) is 16.2 Å². The predicted octanol–water partition coefficient (Wildman–Crippen LogP) is 5.28. The number of urea groups is 1. The van der Waals surface area contributed by atoms with Gasteiger partial charge in [-0.15, -0.1) is 0 Å². The van der Waals surface area contributed by atoms with Crippen LogP contribution in [-0.4, -0.2) is 51.4 Å². The molecule has 0 radical (unpaired) electrons. The normalized spacial score (nSPS) is 14.3. The molecule has 4 aromatic rings. The van der Waals surface area contributed by atoms with Crippen LogP contribution in [-0.2, 0) is 22.6 Å². The summed E-state index contributed by atoms with van der Waals surface area (Å²) in [6.07, 6.45) is -0.00878. The number of hydrogen-bond donors (Lipinski definition) is 5. The second kappa shape index (κ2) is 11.9. The van der Waals surface area contributed by atoms with Crippen LogP contribution in [0.2, 0.25) is 10.0 Å². The zero-order valence-corrected chi connectivity index (χ0v) is 23.1. The number of aromatic amines is 1. The number of amides is 4. The third-order valence-corrected chi connectivity index (χ3v) is 7.53. The Bertz CT molecular complexity index is 1670. The third kappa shape index (κ3) is 6.13. The molecule has 3 aromatic carbocycles. The number of fused-ring (bicyclic) bond motifs is 3. The summed E-state index contributed by atoms with van der Waals surface area (Å²) in [5, 5.41) is 18.6. The topological polar surface area (TPSA) is 144 Å². The molecule has 1 aliphatic rings. The molecular formula is C29H25Cl2N5O5. The lowest BCUT2D eigenvalue weighted by Gasteiger charge is -2.35. The van der Waals surface area contributed by atoms with E-state index in [2.05, 4.69) is 20.9 Å². The van der Waals surface area contributed by atoms with Crippen molar-refractivity contribution in [2.45, 2.75) is 25.4 Å². The molecule has 0 bridgehead atoms. The summed E-state index contributed by atoms with van der Waals surface area (Å²) in [4.78, 5) is 55.7.